The van der Waals surface area contributed by atoms with Gasteiger partial charge in [-0.15, -0.1) is 0 Å². The van der Waals surface area contributed by atoms with Crippen LogP contribution in [0.25, 0.3) is 0 Å². The van der Waals surface area contributed by atoms with Crippen LogP contribution in [-0.4, -0.2) is 4.57 Å². The Balaban J connectivity index is 2.09. The maximum absolute atomic E-state index is 2.61. The second kappa shape index (κ2) is 30.7. The fraction of sp³-hybridized carbons (Fsp3) is 0.923. The Hall–Kier alpha value is -0.790. The molecule has 2 heteroatoms. The highest BCUT2D eigenvalue weighted by Crippen LogP contribution is 2.16. The molecular formula is C39H77N2+. The number of hydrogen-bond donors (Lipinski definition) is 0. The van der Waals surface area contributed by atoms with Gasteiger partial charge in [-0.25, -0.2) is 9.13 Å². The first-order valence-electron chi connectivity index (χ1n) is 19.4. The summed E-state index contributed by atoms with van der Waals surface area (Å²) in [4.78, 5) is 0. The second-order valence-corrected chi connectivity index (χ2v) is 13.4. The van der Waals surface area contributed by atoms with Gasteiger partial charge in [0.15, 0.2) is 0 Å². The molecule has 1 aromatic heterocycles. The molecular weight excluding hydrogens is 496 g/mol. The van der Waals surface area contributed by atoms with E-state index in [0.717, 1.165) is 0 Å². The Kier molecular flexibility index (Phi) is 28.6. The zero-order valence-electron chi connectivity index (χ0n) is 28.9. The predicted molar refractivity (Wildman–Crippen MR) is 184 cm³/mol. The van der Waals surface area contributed by atoms with E-state index in [1.54, 1.807) is 5.82 Å². The molecule has 0 bridgehead atoms. The highest BCUT2D eigenvalue weighted by molar-refractivity contribution is 4.84. The van der Waals surface area contributed by atoms with E-state index in [4.69, 9.17) is 0 Å². The highest BCUT2D eigenvalue weighted by Gasteiger charge is 2.16. The van der Waals surface area contributed by atoms with Crippen molar-refractivity contribution >= 4 is 0 Å². The molecule has 1 aromatic rings. The number of hydrogen-bond acceptors (Lipinski definition) is 0. The van der Waals surface area contributed by atoms with E-state index in [1.165, 1.54) is 212 Å². The Morgan fingerprint density at radius 1 is 0.415 bits per heavy atom. The molecule has 0 amide bonds. The molecule has 242 valence electrons. The lowest BCUT2D eigenvalue weighted by molar-refractivity contribution is -0.704. The second-order valence-electron chi connectivity index (χ2n) is 13.4. The molecule has 1 rings (SSSR count). The third-order valence-corrected chi connectivity index (χ3v) is 9.35. The smallest absolute Gasteiger partial charge is 0.234 e. The zero-order valence-corrected chi connectivity index (χ0v) is 28.9. The minimum atomic E-state index is 1.20. The number of nitrogens with zero attached hydrogens (tertiary/aromatic N) is 2. The van der Waals surface area contributed by atoms with Crippen LogP contribution in [0.1, 0.15) is 219 Å². The fourth-order valence-corrected chi connectivity index (χ4v) is 6.48. The Morgan fingerprint density at radius 2 is 0.756 bits per heavy atom. The summed E-state index contributed by atoms with van der Waals surface area (Å²) in [6.07, 6.45) is 49.0. The summed E-state index contributed by atoms with van der Waals surface area (Å²) in [5, 5.41) is 0. The van der Waals surface area contributed by atoms with Gasteiger partial charge in [0.25, 0.3) is 5.82 Å². The summed E-state index contributed by atoms with van der Waals surface area (Å²) in [6, 6.07) is 0. The van der Waals surface area contributed by atoms with E-state index in [9.17, 15) is 0 Å². The summed E-state index contributed by atoms with van der Waals surface area (Å²) >= 11 is 0. The van der Waals surface area contributed by atoms with Crippen molar-refractivity contribution in [3.05, 3.63) is 18.2 Å². The van der Waals surface area contributed by atoms with Crippen molar-refractivity contribution < 1.29 is 4.57 Å². The molecule has 0 aromatic carbocycles. The van der Waals surface area contributed by atoms with Gasteiger partial charge in [-0.2, -0.15) is 0 Å². The van der Waals surface area contributed by atoms with Crippen molar-refractivity contribution in [3.8, 4) is 0 Å². The first kappa shape index (κ1) is 38.2. The Bertz CT molecular complexity index is 634. The number of imidazole rings is 1. The van der Waals surface area contributed by atoms with Crippen molar-refractivity contribution in [1.29, 1.82) is 0 Å². The average Bonchev–Trinajstić information content (AvgIpc) is 3.37. The van der Waals surface area contributed by atoms with Gasteiger partial charge < -0.3 is 0 Å². The van der Waals surface area contributed by atoms with Crippen LogP contribution in [0.15, 0.2) is 12.4 Å². The predicted octanol–water partition coefficient (Wildman–Crippen LogP) is 13.1. The summed E-state index contributed by atoms with van der Waals surface area (Å²) in [5.41, 5.74) is 0. The summed E-state index contributed by atoms with van der Waals surface area (Å²) in [7, 11) is 0. The number of rotatable bonds is 33. The molecule has 0 saturated heterocycles. The molecule has 0 radical (unpaired) electrons. The fourth-order valence-electron chi connectivity index (χ4n) is 6.48. The molecule has 0 fully saturated rings. The first-order chi connectivity index (χ1) is 20.3. The van der Waals surface area contributed by atoms with Gasteiger partial charge in [0.05, 0.1) is 13.1 Å². The van der Waals surface area contributed by atoms with Gasteiger partial charge in [-0.05, 0) is 25.7 Å². The number of unbranched alkanes of at least 4 members (excludes halogenated alkanes) is 27. The topological polar surface area (TPSA) is 8.81 Å². The molecule has 2 nitrogen and oxygen atoms in total. The summed E-state index contributed by atoms with van der Waals surface area (Å²) in [6.45, 7) is 9.37. The lowest BCUT2D eigenvalue weighted by atomic mass is 10.0. The third-order valence-electron chi connectivity index (χ3n) is 9.35. The van der Waals surface area contributed by atoms with Gasteiger partial charge in [-0.3, -0.25) is 0 Å². The lowest BCUT2D eigenvalue weighted by Crippen LogP contribution is -2.37. The average molecular weight is 574 g/mol. The molecule has 1 heterocycles. The first-order valence-corrected chi connectivity index (χ1v) is 19.4. The maximum atomic E-state index is 2.61. The standard InChI is InChI=1S/C39H77N2/c1-4-7-10-12-14-16-18-20-22-24-26-28-30-32-34-39-40(35-9-6-3)37-38-41(39)36-33-31-29-27-25-23-21-19-17-15-13-11-8-5-2/h37-38H,4-36H2,1-3H3/q+1. The van der Waals surface area contributed by atoms with E-state index >= 15 is 0 Å². The molecule has 41 heavy (non-hydrogen) atoms. The Labute approximate surface area is 259 Å². The monoisotopic (exact) mass is 574 g/mol. The van der Waals surface area contributed by atoms with E-state index in [-0.39, 0.29) is 0 Å². The van der Waals surface area contributed by atoms with Crippen LogP contribution in [0.4, 0.5) is 0 Å². The largest absolute Gasteiger partial charge is 0.256 e. The molecule has 0 saturated carbocycles. The summed E-state index contributed by atoms with van der Waals surface area (Å²) in [5.74, 6) is 1.60. The van der Waals surface area contributed by atoms with Crippen molar-refractivity contribution in [2.45, 2.75) is 233 Å². The van der Waals surface area contributed by atoms with Crippen molar-refractivity contribution in [2.75, 3.05) is 0 Å². The van der Waals surface area contributed by atoms with Gasteiger partial charge in [-0.1, -0.05) is 188 Å². The van der Waals surface area contributed by atoms with Crippen molar-refractivity contribution in [2.24, 2.45) is 0 Å². The van der Waals surface area contributed by atoms with Gasteiger partial charge >= 0.3 is 0 Å². The normalized spacial score (nSPS) is 11.6. The highest BCUT2D eigenvalue weighted by atomic mass is 15.1. The van der Waals surface area contributed by atoms with E-state index in [1.807, 2.05) is 0 Å². The summed E-state index contributed by atoms with van der Waals surface area (Å²) < 4.78 is 5.19. The molecule has 0 spiro atoms. The van der Waals surface area contributed by atoms with Crippen LogP contribution >= 0.6 is 0 Å². The third kappa shape index (κ3) is 23.4. The van der Waals surface area contributed by atoms with Gasteiger partial charge in [0.2, 0.25) is 0 Å². The quantitative estimate of drug-likeness (QED) is 0.0584. The van der Waals surface area contributed by atoms with Crippen LogP contribution in [-0.2, 0) is 19.5 Å². The maximum Gasteiger partial charge on any atom is 0.256 e. The molecule has 0 N–H and O–H groups in total. The lowest BCUT2D eigenvalue weighted by Gasteiger charge is -2.07. The number of aromatic nitrogens is 2. The van der Waals surface area contributed by atoms with Gasteiger partial charge in [0.1, 0.15) is 12.4 Å². The number of aryl methyl sites for hydroxylation is 2. The van der Waals surface area contributed by atoms with Crippen LogP contribution in [0.2, 0.25) is 0 Å². The van der Waals surface area contributed by atoms with E-state index < -0.39 is 0 Å². The minimum absolute atomic E-state index is 1.20. The van der Waals surface area contributed by atoms with Crippen LogP contribution in [0, 0.1) is 0 Å². The SMILES string of the molecule is CCCCCCCCCCCCCCCCc1n(CCCCCCCCCCCCCCCC)cc[n+]1CCCC. The molecule has 0 aliphatic rings. The van der Waals surface area contributed by atoms with Crippen LogP contribution < -0.4 is 4.57 Å². The van der Waals surface area contributed by atoms with Crippen LogP contribution in [0.5, 0.6) is 0 Å². The van der Waals surface area contributed by atoms with E-state index in [0.29, 0.717) is 0 Å². The molecule has 0 aliphatic carbocycles. The molecule has 0 atom stereocenters. The molecule has 0 unspecified atom stereocenters. The van der Waals surface area contributed by atoms with Gasteiger partial charge in [0, 0.05) is 6.42 Å². The molecule has 0 aliphatic heterocycles. The van der Waals surface area contributed by atoms with Crippen molar-refractivity contribution in [3.63, 3.8) is 0 Å². The zero-order chi connectivity index (χ0) is 29.5. The van der Waals surface area contributed by atoms with E-state index in [2.05, 4.69) is 42.3 Å². The van der Waals surface area contributed by atoms with Crippen molar-refractivity contribution in [1.82, 2.24) is 4.57 Å². The minimum Gasteiger partial charge on any atom is -0.234 e. The Morgan fingerprint density at radius 3 is 1.15 bits per heavy atom. The van der Waals surface area contributed by atoms with Crippen LogP contribution in [0.3, 0.4) is 0 Å².